The summed E-state index contributed by atoms with van der Waals surface area (Å²) in [5.41, 5.74) is 0.908. The fourth-order valence-corrected chi connectivity index (χ4v) is 2.17. The quantitative estimate of drug-likeness (QED) is 0.772. The molecular weight excluding hydrogens is 258 g/mol. The topological polar surface area (TPSA) is 30.5 Å². The van der Waals surface area contributed by atoms with Crippen LogP contribution in [0, 0.1) is 0 Å². The Hall–Kier alpha value is -0.740. The van der Waals surface area contributed by atoms with E-state index >= 15 is 0 Å². The number of ether oxygens (including phenoxy) is 2. The molecule has 3 nitrogen and oxygen atoms in total. The first-order valence-electron chi connectivity index (χ1n) is 5.46. The van der Waals surface area contributed by atoms with Gasteiger partial charge in [0.25, 0.3) is 0 Å². The maximum absolute atomic E-state index is 6.03. The molecule has 1 rings (SSSR count). The Morgan fingerprint density at radius 3 is 2.53 bits per heavy atom. The molecule has 1 aromatic rings. The summed E-state index contributed by atoms with van der Waals surface area (Å²) in [7, 11) is 3.23. The van der Waals surface area contributed by atoms with Crippen molar-refractivity contribution in [2.75, 3.05) is 37.6 Å². The van der Waals surface area contributed by atoms with E-state index in [2.05, 4.69) is 12.2 Å². The molecule has 0 saturated carbocycles. The largest absolute Gasteiger partial charge is 0.495 e. The molecule has 0 saturated heterocycles. The molecule has 0 fully saturated rings. The van der Waals surface area contributed by atoms with Crippen molar-refractivity contribution in [2.45, 2.75) is 6.92 Å². The van der Waals surface area contributed by atoms with Crippen LogP contribution < -0.4 is 14.8 Å². The van der Waals surface area contributed by atoms with E-state index in [4.69, 9.17) is 21.1 Å². The Labute approximate surface area is 112 Å². The van der Waals surface area contributed by atoms with Crippen LogP contribution in [0.25, 0.3) is 0 Å². The molecule has 1 N–H and O–H groups in total. The van der Waals surface area contributed by atoms with Gasteiger partial charge in [0.2, 0.25) is 0 Å². The molecule has 0 aliphatic carbocycles. The summed E-state index contributed by atoms with van der Waals surface area (Å²) in [6.45, 7) is 3.04. The highest BCUT2D eigenvalue weighted by molar-refractivity contribution is 7.99. The number of rotatable bonds is 7. The van der Waals surface area contributed by atoms with Gasteiger partial charge in [-0.2, -0.15) is 11.8 Å². The van der Waals surface area contributed by atoms with E-state index in [-0.39, 0.29) is 0 Å². The molecule has 0 bridgehead atoms. The Balaban J connectivity index is 2.74. The summed E-state index contributed by atoms with van der Waals surface area (Å²) in [4.78, 5) is 0. The minimum Gasteiger partial charge on any atom is -0.495 e. The SMILES string of the molecule is CCSCCNc1cc(OC)c(Cl)cc1OC. The van der Waals surface area contributed by atoms with Crippen LogP contribution in [0.15, 0.2) is 12.1 Å². The number of halogens is 1. The zero-order chi connectivity index (χ0) is 12.7. The van der Waals surface area contributed by atoms with Crippen LogP contribution in [0.1, 0.15) is 6.92 Å². The highest BCUT2D eigenvalue weighted by atomic mass is 35.5. The molecule has 0 aliphatic rings. The number of thioether (sulfide) groups is 1. The molecule has 1 aromatic carbocycles. The monoisotopic (exact) mass is 275 g/mol. The molecule has 0 heterocycles. The van der Waals surface area contributed by atoms with Crippen molar-refractivity contribution in [3.05, 3.63) is 17.2 Å². The highest BCUT2D eigenvalue weighted by Crippen LogP contribution is 2.35. The van der Waals surface area contributed by atoms with Crippen molar-refractivity contribution in [3.8, 4) is 11.5 Å². The second-order valence-corrected chi connectivity index (χ2v) is 5.11. The molecule has 5 heteroatoms. The lowest BCUT2D eigenvalue weighted by molar-refractivity contribution is 0.405. The first-order valence-corrected chi connectivity index (χ1v) is 6.99. The molecule has 96 valence electrons. The zero-order valence-corrected chi connectivity index (χ0v) is 12.0. The van der Waals surface area contributed by atoms with Crippen molar-refractivity contribution < 1.29 is 9.47 Å². The molecule has 0 amide bonds. The van der Waals surface area contributed by atoms with Gasteiger partial charge in [-0.3, -0.25) is 0 Å². The minimum atomic E-state index is 0.554. The predicted molar refractivity (Wildman–Crippen MR) is 76.0 cm³/mol. The third-order valence-electron chi connectivity index (χ3n) is 2.24. The van der Waals surface area contributed by atoms with Gasteiger partial charge in [0.1, 0.15) is 11.5 Å². The minimum absolute atomic E-state index is 0.554. The van der Waals surface area contributed by atoms with Gasteiger partial charge in [0.15, 0.2) is 0 Å². The lowest BCUT2D eigenvalue weighted by atomic mass is 10.2. The lowest BCUT2D eigenvalue weighted by Gasteiger charge is -2.13. The molecule has 0 atom stereocenters. The highest BCUT2D eigenvalue weighted by Gasteiger charge is 2.09. The predicted octanol–water partition coefficient (Wildman–Crippen LogP) is 3.52. The van der Waals surface area contributed by atoms with Crippen molar-refractivity contribution in [1.82, 2.24) is 0 Å². The Kier molecular flexibility index (Phi) is 6.37. The summed E-state index contributed by atoms with van der Waals surface area (Å²) in [6.07, 6.45) is 0. The Bertz CT molecular complexity index is 361. The van der Waals surface area contributed by atoms with Gasteiger partial charge in [-0.05, 0) is 5.75 Å². The third-order valence-corrected chi connectivity index (χ3v) is 3.44. The van der Waals surface area contributed by atoms with Crippen LogP contribution in [0.2, 0.25) is 5.02 Å². The van der Waals surface area contributed by atoms with Crippen LogP contribution in [0.3, 0.4) is 0 Å². The van der Waals surface area contributed by atoms with Crippen LogP contribution in [0.5, 0.6) is 11.5 Å². The Morgan fingerprint density at radius 2 is 1.94 bits per heavy atom. The van der Waals surface area contributed by atoms with E-state index in [9.17, 15) is 0 Å². The summed E-state index contributed by atoms with van der Waals surface area (Å²) in [5.74, 6) is 3.57. The van der Waals surface area contributed by atoms with Crippen LogP contribution >= 0.6 is 23.4 Å². The van der Waals surface area contributed by atoms with Crippen molar-refractivity contribution in [2.24, 2.45) is 0 Å². The number of methoxy groups -OCH3 is 2. The van der Waals surface area contributed by atoms with Crippen molar-refractivity contribution >= 4 is 29.1 Å². The number of hydrogen-bond acceptors (Lipinski definition) is 4. The van der Waals surface area contributed by atoms with Gasteiger partial charge in [-0.15, -0.1) is 0 Å². The number of nitrogens with one attached hydrogen (secondary N) is 1. The first kappa shape index (κ1) is 14.3. The van der Waals surface area contributed by atoms with Gasteiger partial charge in [-0.1, -0.05) is 18.5 Å². The van der Waals surface area contributed by atoms with E-state index < -0.39 is 0 Å². The normalized spacial score (nSPS) is 10.1. The van der Waals surface area contributed by atoms with Crippen LogP contribution in [0.4, 0.5) is 5.69 Å². The fraction of sp³-hybridized carbons (Fsp3) is 0.500. The number of anilines is 1. The van der Waals surface area contributed by atoms with Crippen molar-refractivity contribution in [1.29, 1.82) is 0 Å². The van der Waals surface area contributed by atoms with Gasteiger partial charge in [0.05, 0.1) is 24.9 Å². The van der Waals surface area contributed by atoms with E-state index in [1.165, 1.54) is 0 Å². The van der Waals surface area contributed by atoms with Gasteiger partial charge in [0, 0.05) is 24.4 Å². The first-order chi connectivity index (χ1) is 8.22. The molecule has 0 unspecified atom stereocenters. The third kappa shape index (κ3) is 4.21. The number of benzene rings is 1. The second kappa shape index (κ2) is 7.56. The average Bonchev–Trinajstić information content (AvgIpc) is 2.35. The number of hydrogen-bond donors (Lipinski definition) is 1. The van der Waals surface area contributed by atoms with E-state index in [1.54, 1.807) is 20.3 Å². The van der Waals surface area contributed by atoms with Gasteiger partial charge >= 0.3 is 0 Å². The van der Waals surface area contributed by atoms with Gasteiger partial charge in [-0.25, -0.2) is 0 Å². The lowest BCUT2D eigenvalue weighted by Crippen LogP contribution is -2.06. The van der Waals surface area contributed by atoms with Gasteiger partial charge < -0.3 is 14.8 Å². The molecule has 0 radical (unpaired) electrons. The second-order valence-electron chi connectivity index (χ2n) is 3.31. The summed E-state index contributed by atoms with van der Waals surface area (Å²) in [6, 6.07) is 3.62. The summed E-state index contributed by atoms with van der Waals surface area (Å²) in [5, 5.41) is 3.87. The van der Waals surface area contributed by atoms with Crippen LogP contribution in [-0.4, -0.2) is 32.3 Å². The summed E-state index contributed by atoms with van der Waals surface area (Å²) >= 11 is 7.92. The maximum Gasteiger partial charge on any atom is 0.143 e. The van der Waals surface area contributed by atoms with Crippen LogP contribution in [-0.2, 0) is 0 Å². The fourth-order valence-electron chi connectivity index (χ4n) is 1.40. The standard InChI is InChI=1S/C12H18ClNO2S/c1-4-17-6-5-14-10-8-11(15-2)9(13)7-12(10)16-3/h7-8,14H,4-6H2,1-3H3. The maximum atomic E-state index is 6.03. The average molecular weight is 276 g/mol. The molecule has 0 aromatic heterocycles. The molecule has 0 aliphatic heterocycles. The van der Waals surface area contributed by atoms with E-state index in [0.29, 0.717) is 10.8 Å². The van der Waals surface area contributed by atoms with Crippen molar-refractivity contribution in [3.63, 3.8) is 0 Å². The molecular formula is C12H18ClNO2S. The zero-order valence-electron chi connectivity index (χ0n) is 10.4. The van der Waals surface area contributed by atoms with E-state index in [0.717, 1.165) is 29.5 Å². The Morgan fingerprint density at radius 1 is 1.24 bits per heavy atom. The smallest absolute Gasteiger partial charge is 0.143 e. The molecule has 0 spiro atoms. The summed E-state index contributed by atoms with van der Waals surface area (Å²) < 4.78 is 10.5. The molecule has 17 heavy (non-hydrogen) atoms. The van der Waals surface area contributed by atoms with E-state index in [1.807, 2.05) is 17.8 Å².